The Morgan fingerprint density at radius 2 is 2.15 bits per heavy atom. The molecule has 0 amide bonds. The van der Waals surface area contributed by atoms with Crippen molar-refractivity contribution in [3.05, 3.63) is 17.8 Å². The number of aromatic nitrogens is 1. The topological polar surface area (TPSA) is 31.4 Å². The zero-order chi connectivity index (χ0) is 9.68. The van der Waals surface area contributed by atoms with Gasteiger partial charge in [0.25, 0.3) is 5.88 Å². The lowest BCUT2D eigenvalue weighted by atomic mass is 10.3. The van der Waals surface area contributed by atoms with Crippen LogP contribution < -0.4 is 9.47 Å². The van der Waals surface area contributed by atoms with Crippen molar-refractivity contribution in [3.63, 3.8) is 0 Å². The molecular formula is C10H15NO2. The molecule has 0 atom stereocenters. The van der Waals surface area contributed by atoms with E-state index in [9.17, 15) is 0 Å². The summed E-state index contributed by atoms with van der Waals surface area (Å²) in [5.41, 5.74) is 0.937. The fourth-order valence-corrected chi connectivity index (χ4v) is 0.978. The zero-order valence-electron chi connectivity index (χ0n) is 8.33. The number of methoxy groups -OCH3 is 1. The second kappa shape index (κ2) is 4.70. The Kier molecular flexibility index (Phi) is 3.55. The van der Waals surface area contributed by atoms with Gasteiger partial charge in [0.05, 0.1) is 13.7 Å². The second-order valence-corrected chi connectivity index (χ2v) is 2.81. The molecule has 0 aliphatic rings. The van der Waals surface area contributed by atoms with Crippen LogP contribution in [0, 0.1) is 6.92 Å². The van der Waals surface area contributed by atoms with Gasteiger partial charge in [0, 0.05) is 5.69 Å². The molecule has 0 unspecified atom stereocenters. The number of hydrogen-bond donors (Lipinski definition) is 0. The van der Waals surface area contributed by atoms with Gasteiger partial charge >= 0.3 is 0 Å². The minimum atomic E-state index is 0.587. The maximum Gasteiger partial charge on any atom is 0.257 e. The second-order valence-electron chi connectivity index (χ2n) is 2.81. The van der Waals surface area contributed by atoms with Gasteiger partial charge in [-0.05, 0) is 25.5 Å². The third-order valence-corrected chi connectivity index (χ3v) is 1.63. The summed E-state index contributed by atoms with van der Waals surface area (Å²) >= 11 is 0. The van der Waals surface area contributed by atoms with E-state index in [1.807, 2.05) is 19.1 Å². The van der Waals surface area contributed by atoms with Gasteiger partial charge < -0.3 is 9.47 Å². The van der Waals surface area contributed by atoms with Crippen molar-refractivity contribution in [2.75, 3.05) is 13.7 Å². The number of nitrogens with zero attached hydrogens (tertiary/aromatic N) is 1. The maximum atomic E-state index is 5.42. The standard InChI is InChI=1S/C10H15NO2/c1-4-7-13-10-9(12-3)6-5-8(2)11-10/h5-6H,4,7H2,1-3H3. The van der Waals surface area contributed by atoms with Crippen molar-refractivity contribution in [1.82, 2.24) is 4.98 Å². The third kappa shape index (κ3) is 2.61. The van der Waals surface area contributed by atoms with E-state index in [1.165, 1.54) is 0 Å². The van der Waals surface area contributed by atoms with E-state index in [2.05, 4.69) is 11.9 Å². The van der Waals surface area contributed by atoms with Crippen LogP contribution in [0.15, 0.2) is 12.1 Å². The molecule has 3 nitrogen and oxygen atoms in total. The highest BCUT2D eigenvalue weighted by Crippen LogP contribution is 2.24. The molecule has 1 aromatic heterocycles. The van der Waals surface area contributed by atoms with Crippen LogP contribution in [0.3, 0.4) is 0 Å². The Balaban J connectivity index is 2.81. The Bertz CT molecular complexity index is 274. The lowest BCUT2D eigenvalue weighted by Gasteiger charge is -2.08. The molecule has 0 fully saturated rings. The molecule has 0 aromatic carbocycles. The average molecular weight is 181 g/mol. The van der Waals surface area contributed by atoms with Crippen LogP contribution in [-0.2, 0) is 0 Å². The maximum absolute atomic E-state index is 5.42. The predicted octanol–water partition coefficient (Wildman–Crippen LogP) is 2.19. The minimum Gasteiger partial charge on any atom is -0.491 e. The van der Waals surface area contributed by atoms with Crippen molar-refractivity contribution in [2.24, 2.45) is 0 Å². The molecule has 0 spiro atoms. The molecule has 13 heavy (non-hydrogen) atoms. The van der Waals surface area contributed by atoms with Crippen LogP contribution in [0.1, 0.15) is 19.0 Å². The number of rotatable bonds is 4. The molecule has 1 rings (SSSR count). The Morgan fingerprint density at radius 3 is 2.77 bits per heavy atom. The van der Waals surface area contributed by atoms with Crippen LogP contribution in [0.4, 0.5) is 0 Å². The Hall–Kier alpha value is -1.25. The Labute approximate surface area is 78.7 Å². The normalized spacial score (nSPS) is 9.77. The summed E-state index contributed by atoms with van der Waals surface area (Å²) in [4.78, 5) is 4.23. The highest BCUT2D eigenvalue weighted by atomic mass is 16.5. The molecule has 1 heterocycles. The van der Waals surface area contributed by atoms with Crippen LogP contribution in [-0.4, -0.2) is 18.7 Å². The van der Waals surface area contributed by atoms with E-state index in [4.69, 9.17) is 9.47 Å². The van der Waals surface area contributed by atoms with E-state index in [0.29, 0.717) is 18.2 Å². The highest BCUT2D eigenvalue weighted by Gasteiger charge is 2.04. The lowest BCUT2D eigenvalue weighted by Crippen LogP contribution is -2.00. The molecule has 0 N–H and O–H groups in total. The summed E-state index contributed by atoms with van der Waals surface area (Å²) in [5.74, 6) is 1.28. The molecule has 3 heteroatoms. The summed E-state index contributed by atoms with van der Waals surface area (Å²) in [7, 11) is 1.62. The van der Waals surface area contributed by atoms with E-state index in [1.54, 1.807) is 7.11 Å². The fraction of sp³-hybridized carbons (Fsp3) is 0.500. The molecule has 72 valence electrons. The first kappa shape index (κ1) is 9.84. The van der Waals surface area contributed by atoms with Crippen LogP contribution >= 0.6 is 0 Å². The summed E-state index contributed by atoms with van der Waals surface area (Å²) in [6, 6.07) is 3.77. The number of ether oxygens (including phenoxy) is 2. The van der Waals surface area contributed by atoms with Gasteiger partial charge in [-0.1, -0.05) is 6.92 Å². The van der Waals surface area contributed by atoms with Gasteiger partial charge in [-0.3, -0.25) is 0 Å². The first-order valence-corrected chi connectivity index (χ1v) is 4.42. The van der Waals surface area contributed by atoms with Gasteiger partial charge in [-0.25, -0.2) is 4.98 Å². The monoisotopic (exact) mass is 181 g/mol. The molecular weight excluding hydrogens is 166 g/mol. The molecule has 0 aliphatic carbocycles. The number of aryl methyl sites for hydroxylation is 1. The Morgan fingerprint density at radius 1 is 1.38 bits per heavy atom. The van der Waals surface area contributed by atoms with E-state index in [-0.39, 0.29) is 0 Å². The summed E-state index contributed by atoms with van der Waals surface area (Å²) in [5, 5.41) is 0. The van der Waals surface area contributed by atoms with Crippen molar-refractivity contribution >= 4 is 0 Å². The SMILES string of the molecule is CCCOc1nc(C)ccc1OC. The molecule has 1 aromatic rings. The summed E-state index contributed by atoms with van der Waals surface area (Å²) < 4.78 is 10.5. The number of hydrogen-bond acceptors (Lipinski definition) is 3. The largest absolute Gasteiger partial charge is 0.491 e. The van der Waals surface area contributed by atoms with Crippen LogP contribution in [0.25, 0.3) is 0 Å². The zero-order valence-corrected chi connectivity index (χ0v) is 8.33. The first-order chi connectivity index (χ1) is 6.27. The van der Waals surface area contributed by atoms with Crippen LogP contribution in [0.5, 0.6) is 11.6 Å². The smallest absolute Gasteiger partial charge is 0.257 e. The predicted molar refractivity (Wildman–Crippen MR) is 51.3 cm³/mol. The van der Waals surface area contributed by atoms with Crippen molar-refractivity contribution < 1.29 is 9.47 Å². The summed E-state index contributed by atoms with van der Waals surface area (Å²) in [6.45, 7) is 4.66. The van der Waals surface area contributed by atoms with Gasteiger partial charge in [0.1, 0.15) is 0 Å². The van der Waals surface area contributed by atoms with Gasteiger partial charge in [0.15, 0.2) is 5.75 Å². The van der Waals surface area contributed by atoms with Crippen LogP contribution in [0.2, 0.25) is 0 Å². The molecule has 0 saturated heterocycles. The molecule has 0 aliphatic heterocycles. The third-order valence-electron chi connectivity index (χ3n) is 1.63. The summed E-state index contributed by atoms with van der Waals surface area (Å²) in [6.07, 6.45) is 0.971. The van der Waals surface area contributed by atoms with E-state index >= 15 is 0 Å². The van der Waals surface area contributed by atoms with Crippen molar-refractivity contribution in [2.45, 2.75) is 20.3 Å². The van der Waals surface area contributed by atoms with Gasteiger partial charge in [0.2, 0.25) is 0 Å². The fourth-order valence-electron chi connectivity index (χ4n) is 0.978. The lowest BCUT2D eigenvalue weighted by molar-refractivity contribution is 0.282. The van der Waals surface area contributed by atoms with Crippen molar-refractivity contribution in [1.29, 1.82) is 0 Å². The first-order valence-electron chi connectivity index (χ1n) is 4.42. The van der Waals surface area contributed by atoms with Gasteiger partial charge in [-0.2, -0.15) is 0 Å². The quantitative estimate of drug-likeness (QED) is 0.713. The number of pyridine rings is 1. The molecule has 0 saturated carbocycles. The molecule has 0 radical (unpaired) electrons. The van der Waals surface area contributed by atoms with Gasteiger partial charge in [-0.15, -0.1) is 0 Å². The highest BCUT2D eigenvalue weighted by molar-refractivity contribution is 5.34. The van der Waals surface area contributed by atoms with E-state index < -0.39 is 0 Å². The van der Waals surface area contributed by atoms with Crippen molar-refractivity contribution in [3.8, 4) is 11.6 Å². The average Bonchev–Trinajstić information content (AvgIpc) is 2.15. The molecule has 0 bridgehead atoms. The minimum absolute atomic E-state index is 0.587. The van der Waals surface area contributed by atoms with E-state index in [0.717, 1.165) is 12.1 Å².